The Bertz CT molecular complexity index is 428. The van der Waals surface area contributed by atoms with Gasteiger partial charge in [-0.3, -0.25) is 14.4 Å². The SMILES string of the molecule is COC1=CC(=O)C(O)=C(C(C)C(C)=O)C1=O. The molecule has 1 aliphatic rings. The number of allylic oxidation sites excluding steroid dienone is 2. The van der Waals surface area contributed by atoms with E-state index >= 15 is 0 Å². The predicted octanol–water partition coefficient (Wildman–Crippen LogP) is 0.706. The van der Waals surface area contributed by atoms with Crippen molar-refractivity contribution in [3.05, 3.63) is 23.2 Å². The quantitative estimate of drug-likeness (QED) is 0.714. The number of hydrogen-bond acceptors (Lipinski definition) is 5. The van der Waals surface area contributed by atoms with Crippen molar-refractivity contribution in [3.8, 4) is 0 Å². The van der Waals surface area contributed by atoms with Gasteiger partial charge in [0.15, 0.2) is 11.5 Å². The van der Waals surface area contributed by atoms with Crippen LogP contribution in [0, 0.1) is 5.92 Å². The van der Waals surface area contributed by atoms with Crippen LogP contribution in [-0.2, 0) is 19.1 Å². The second-order valence-electron chi connectivity index (χ2n) is 3.50. The first-order chi connectivity index (χ1) is 7.40. The molecule has 1 N–H and O–H groups in total. The van der Waals surface area contributed by atoms with Crippen LogP contribution in [0.5, 0.6) is 0 Å². The normalized spacial score (nSPS) is 18.3. The van der Waals surface area contributed by atoms with E-state index < -0.39 is 23.2 Å². The van der Waals surface area contributed by atoms with Crippen molar-refractivity contribution in [3.63, 3.8) is 0 Å². The fourth-order valence-corrected chi connectivity index (χ4v) is 1.38. The van der Waals surface area contributed by atoms with Gasteiger partial charge in [0, 0.05) is 12.0 Å². The smallest absolute Gasteiger partial charge is 0.228 e. The maximum atomic E-state index is 11.7. The van der Waals surface area contributed by atoms with Crippen LogP contribution in [-0.4, -0.2) is 29.6 Å². The molecule has 0 spiro atoms. The zero-order chi connectivity index (χ0) is 12.5. The number of ketones is 3. The first kappa shape index (κ1) is 12.2. The second-order valence-corrected chi connectivity index (χ2v) is 3.50. The lowest BCUT2D eigenvalue weighted by Crippen LogP contribution is -2.27. The standard InChI is InChI=1S/C11H12O5/c1-5(6(2)12)9-10(14)7(13)4-8(16-3)11(9)15/h4-5,14H,1-3H3. The molecule has 5 heteroatoms. The lowest BCUT2D eigenvalue weighted by atomic mass is 9.88. The molecule has 0 aromatic rings. The van der Waals surface area contributed by atoms with Crippen molar-refractivity contribution in [2.75, 3.05) is 7.11 Å². The number of aliphatic hydroxyl groups excluding tert-OH is 1. The lowest BCUT2D eigenvalue weighted by Gasteiger charge is -2.18. The summed E-state index contributed by atoms with van der Waals surface area (Å²) < 4.78 is 4.72. The monoisotopic (exact) mass is 224 g/mol. The molecule has 86 valence electrons. The fraction of sp³-hybridized carbons (Fsp3) is 0.364. The minimum Gasteiger partial charge on any atom is -0.504 e. The van der Waals surface area contributed by atoms with Gasteiger partial charge in [-0.15, -0.1) is 0 Å². The van der Waals surface area contributed by atoms with Crippen LogP contribution in [0.1, 0.15) is 13.8 Å². The van der Waals surface area contributed by atoms with E-state index in [0.717, 1.165) is 6.08 Å². The number of ether oxygens (including phenoxy) is 1. The van der Waals surface area contributed by atoms with E-state index in [2.05, 4.69) is 0 Å². The van der Waals surface area contributed by atoms with E-state index in [1.807, 2.05) is 0 Å². The molecule has 0 amide bonds. The van der Waals surface area contributed by atoms with Crippen molar-refractivity contribution in [2.24, 2.45) is 5.92 Å². The van der Waals surface area contributed by atoms with Crippen molar-refractivity contribution >= 4 is 17.3 Å². The number of methoxy groups -OCH3 is 1. The van der Waals surface area contributed by atoms with Crippen LogP contribution in [0.4, 0.5) is 0 Å². The van der Waals surface area contributed by atoms with E-state index in [1.54, 1.807) is 0 Å². The van der Waals surface area contributed by atoms with E-state index in [4.69, 9.17) is 4.74 Å². The van der Waals surface area contributed by atoms with E-state index in [-0.39, 0.29) is 17.1 Å². The van der Waals surface area contributed by atoms with Gasteiger partial charge in [-0.1, -0.05) is 6.92 Å². The van der Waals surface area contributed by atoms with Crippen LogP contribution in [0.15, 0.2) is 23.2 Å². The van der Waals surface area contributed by atoms with E-state index in [9.17, 15) is 19.5 Å². The summed E-state index contributed by atoms with van der Waals surface area (Å²) in [5.41, 5.74) is -0.197. The third kappa shape index (κ3) is 1.88. The van der Waals surface area contributed by atoms with E-state index in [0.29, 0.717) is 0 Å². The zero-order valence-electron chi connectivity index (χ0n) is 9.23. The highest BCUT2D eigenvalue weighted by molar-refractivity contribution is 6.22. The van der Waals surface area contributed by atoms with Crippen LogP contribution < -0.4 is 0 Å². The molecule has 0 saturated carbocycles. The van der Waals surface area contributed by atoms with Crippen molar-refractivity contribution in [1.29, 1.82) is 0 Å². The number of carbonyl (C=O) groups excluding carboxylic acids is 3. The number of carbonyl (C=O) groups is 3. The largest absolute Gasteiger partial charge is 0.504 e. The Morgan fingerprint density at radius 3 is 2.44 bits per heavy atom. The van der Waals surface area contributed by atoms with E-state index in [1.165, 1.54) is 21.0 Å². The molecule has 0 aromatic heterocycles. The number of Topliss-reactive ketones (excluding diaryl/α,β-unsaturated/α-hetero) is 2. The molecule has 16 heavy (non-hydrogen) atoms. The molecule has 0 saturated heterocycles. The average molecular weight is 224 g/mol. The summed E-state index contributed by atoms with van der Waals surface area (Å²) >= 11 is 0. The maximum absolute atomic E-state index is 11.7. The van der Waals surface area contributed by atoms with Gasteiger partial charge in [0.2, 0.25) is 11.6 Å². The summed E-state index contributed by atoms with van der Waals surface area (Å²) in [5, 5.41) is 9.50. The topological polar surface area (TPSA) is 80.7 Å². The lowest BCUT2D eigenvalue weighted by molar-refractivity contribution is -0.123. The van der Waals surface area contributed by atoms with Gasteiger partial charge in [-0.2, -0.15) is 0 Å². The average Bonchev–Trinajstić information content (AvgIpc) is 2.23. The van der Waals surface area contributed by atoms with Gasteiger partial charge in [-0.05, 0) is 6.92 Å². The summed E-state index contributed by atoms with van der Waals surface area (Å²) in [6.45, 7) is 2.74. The summed E-state index contributed by atoms with van der Waals surface area (Å²) in [7, 11) is 1.25. The molecule has 0 aliphatic heterocycles. The first-order valence-corrected chi connectivity index (χ1v) is 4.68. The summed E-state index contributed by atoms with van der Waals surface area (Å²) in [6.07, 6.45) is 0.911. The van der Waals surface area contributed by atoms with Gasteiger partial charge in [0.1, 0.15) is 5.78 Å². The molecule has 0 radical (unpaired) electrons. The Hall–Kier alpha value is -1.91. The zero-order valence-corrected chi connectivity index (χ0v) is 9.23. The van der Waals surface area contributed by atoms with Crippen LogP contribution >= 0.6 is 0 Å². The molecular weight excluding hydrogens is 212 g/mol. The molecule has 1 aliphatic carbocycles. The third-order valence-corrected chi connectivity index (χ3v) is 2.48. The van der Waals surface area contributed by atoms with Crippen molar-refractivity contribution in [2.45, 2.75) is 13.8 Å². The van der Waals surface area contributed by atoms with Gasteiger partial charge in [0.05, 0.1) is 12.7 Å². The molecule has 0 aromatic carbocycles. The Balaban J connectivity index is 3.25. The summed E-state index contributed by atoms with van der Waals surface area (Å²) in [4.78, 5) is 34.2. The molecule has 0 fully saturated rings. The molecule has 1 rings (SSSR count). The van der Waals surface area contributed by atoms with Crippen molar-refractivity contribution < 1.29 is 24.2 Å². The molecule has 1 atom stereocenters. The molecule has 0 heterocycles. The molecule has 1 unspecified atom stereocenters. The highest BCUT2D eigenvalue weighted by atomic mass is 16.5. The van der Waals surface area contributed by atoms with Crippen molar-refractivity contribution in [1.82, 2.24) is 0 Å². The Kier molecular flexibility index (Phi) is 3.27. The minimum atomic E-state index is -0.824. The number of rotatable bonds is 3. The van der Waals surface area contributed by atoms with Gasteiger partial charge in [0.25, 0.3) is 0 Å². The van der Waals surface area contributed by atoms with Crippen LogP contribution in [0.25, 0.3) is 0 Å². The number of aliphatic hydroxyl groups is 1. The van der Waals surface area contributed by atoms with Crippen LogP contribution in [0.2, 0.25) is 0 Å². The fourth-order valence-electron chi connectivity index (χ4n) is 1.38. The third-order valence-electron chi connectivity index (χ3n) is 2.48. The molecular formula is C11H12O5. The van der Waals surface area contributed by atoms with Gasteiger partial charge < -0.3 is 9.84 Å². The minimum absolute atomic E-state index is 0.161. The number of hydrogen-bond donors (Lipinski definition) is 1. The molecule has 0 bridgehead atoms. The highest BCUT2D eigenvalue weighted by Crippen LogP contribution is 2.25. The summed E-state index contributed by atoms with van der Waals surface area (Å²) in [6, 6.07) is 0. The van der Waals surface area contributed by atoms with Gasteiger partial charge in [-0.25, -0.2) is 0 Å². The molecule has 5 nitrogen and oxygen atoms in total. The van der Waals surface area contributed by atoms with Crippen LogP contribution in [0.3, 0.4) is 0 Å². The Morgan fingerprint density at radius 2 is 2.00 bits per heavy atom. The predicted molar refractivity (Wildman–Crippen MR) is 54.6 cm³/mol. The second kappa shape index (κ2) is 4.30. The van der Waals surface area contributed by atoms with Gasteiger partial charge >= 0.3 is 0 Å². The first-order valence-electron chi connectivity index (χ1n) is 4.68. The Morgan fingerprint density at radius 1 is 1.44 bits per heavy atom. The summed E-state index contributed by atoms with van der Waals surface area (Å²) in [5.74, 6) is -3.31. The highest BCUT2D eigenvalue weighted by Gasteiger charge is 2.34. The maximum Gasteiger partial charge on any atom is 0.228 e. The Labute approximate surface area is 92.4 Å².